The molecule has 5 nitrogen and oxygen atoms in total. The number of nitrogens with zero attached hydrogens (tertiary/aromatic N) is 1. The Morgan fingerprint density at radius 1 is 1.15 bits per heavy atom. The highest BCUT2D eigenvalue weighted by Crippen LogP contribution is 2.33. The van der Waals surface area contributed by atoms with E-state index in [0.29, 0.717) is 12.1 Å². The fraction of sp³-hybridized carbons (Fsp3) is 0.381. The highest BCUT2D eigenvalue weighted by Gasteiger charge is 2.31. The van der Waals surface area contributed by atoms with Gasteiger partial charge < -0.3 is 4.90 Å². The number of unbranched alkanes of at least 4 members (excludes halogenated alkanes) is 2. The number of benzene rings is 2. The van der Waals surface area contributed by atoms with Gasteiger partial charge in [-0.25, -0.2) is 13.1 Å². The lowest BCUT2D eigenvalue weighted by Crippen LogP contribution is -2.35. The smallest absolute Gasteiger partial charge is 0.258 e. The summed E-state index contributed by atoms with van der Waals surface area (Å²) >= 11 is 0. The molecule has 0 spiro atoms. The van der Waals surface area contributed by atoms with Gasteiger partial charge in [-0.05, 0) is 49.6 Å². The van der Waals surface area contributed by atoms with Gasteiger partial charge >= 0.3 is 0 Å². The van der Waals surface area contributed by atoms with Crippen molar-refractivity contribution in [1.29, 1.82) is 0 Å². The fourth-order valence-electron chi connectivity index (χ4n) is 3.48. The molecular formula is C21H26N2O3S. The van der Waals surface area contributed by atoms with Gasteiger partial charge in [0, 0.05) is 23.8 Å². The molecule has 144 valence electrons. The van der Waals surface area contributed by atoms with Gasteiger partial charge in [-0.3, -0.25) is 4.79 Å². The number of anilines is 1. The van der Waals surface area contributed by atoms with E-state index < -0.39 is 10.0 Å². The average molecular weight is 387 g/mol. The number of carbonyl (C=O) groups is 1. The summed E-state index contributed by atoms with van der Waals surface area (Å²) in [4.78, 5) is 15.0. The van der Waals surface area contributed by atoms with Crippen LogP contribution in [0.15, 0.2) is 53.4 Å². The molecular weight excluding hydrogens is 360 g/mol. The first kappa shape index (κ1) is 19.6. The van der Waals surface area contributed by atoms with Gasteiger partial charge in [-0.2, -0.15) is 0 Å². The fourth-order valence-corrected chi connectivity index (χ4v) is 4.59. The van der Waals surface area contributed by atoms with Crippen LogP contribution in [0.25, 0.3) is 0 Å². The summed E-state index contributed by atoms with van der Waals surface area (Å²) in [5.41, 5.74) is 2.43. The minimum atomic E-state index is -3.62. The minimum Gasteiger partial charge on any atom is -0.305 e. The standard InChI is InChI=1S/C21H26N2O3S/c1-3-4-7-13-22-27(25,26)19-11-8-10-18(15-19)21(24)23-16(2)14-17-9-5-6-12-20(17)23/h5-6,8-12,15-16,22H,3-4,7,13-14H2,1-2H3. The Labute approximate surface area is 161 Å². The molecule has 1 N–H and O–H groups in total. The molecule has 3 rings (SSSR count). The number of hydrogen-bond donors (Lipinski definition) is 1. The molecule has 6 heteroatoms. The van der Waals surface area contributed by atoms with Crippen molar-refractivity contribution in [3.8, 4) is 0 Å². The van der Waals surface area contributed by atoms with Crippen LogP contribution in [0.1, 0.15) is 49.0 Å². The summed E-state index contributed by atoms with van der Waals surface area (Å²) in [6.45, 7) is 4.49. The van der Waals surface area contributed by atoms with Crippen LogP contribution in [0.2, 0.25) is 0 Å². The van der Waals surface area contributed by atoms with E-state index in [1.807, 2.05) is 31.2 Å². The van der Waals surface area contributed by atoms with Crippen molar-refractivity contribution in [3.63, 3.8) is 0 Å². The van der Waals surface area contributed by atoms with Crippen molar-refractivity contribution in [3.05, 3.63) is 59.7 Å². The maximum atomic E-state index is 13.1. The Bertz CT molecular complexity index is 925. The van der Waals surface area contributed by atoms with Crippen LogP contribution in [0.4, 0.5) is 5.69 Å². The summed E-state index contributed by atoms with van der Waals surface area (Å²) in [6, 6.07) is 14.2. The van der Waals surface area contributed by atoms with Crippen molar-refractivity contribution in [2.45, 2.75) is 50.5 Å². The SMILES string of the molecule is CCCCCNS(=O)(=O)c1cccc(C(=O)N2c3ccccc3CC2C)c1. The summed E-state index contributed by atoms with van der Waals surface area (Å²) in [7, 11) is -3.62. The van der Waals surface area contributed by atoms with E-state index in [-0.39, 0.29) is 16.8 Å². The molecule has 1 unspecified atom stereocenters. The van der Waals surface area contributed by atoms with Crippen LogP contribution in [0.3, 0.4) is 0 Å². The molecule has 1 aliphatic heterocycles. The second kappa shape index (κ2) is 8.23. The summed E-state index contributed by atoms with van der Waals surface area (Å²) in [6.07, 6.45) is 3.61. The highest BCUT2D eigenvalue weighted by molar-refractivity contribution is 7.89. The molecule has 1 aliphatic rings. The van der Waals surface area contributed by atoms with Crippen molar-refractivity contribution in [2.24, 2.45) is 0 Å². The van der Waals surface area contributed by atoms with Crippen LogP contribution in [0.5, 0.6) is 0 Å². The summed E-state index contributed by atoms with van der Waals surface area (Å²) in [5, 5.41) is 0. The molecule has 1 heterocycles. The Hall–Kier alpha value is -2.18. The molecule has 0 bridgehead atoms. The zero-order valence-electron chi connectivity index (χ0n) is 15.8. The molecule has 0 aromatic heterocycles. The van der Waals surface area contributed by atoms with Crippen molar-refractivity contribution in [2.75, 3.05) is 11.4 Å². The van der Waals surface area contributed by atoms with Crippen LogP contribution >= 0.6 is 0 Å². The lowest BCUT2D eigenvalue weighted by Gasteiger charge is -2.23. The van der Waals surface area contributed by atoms with Crippen LogP contribution in [0, 0.1) is 0 Å². The van der Waals surface area contributed by atoms with Crippen molar-refractivity contribution in [1.82, 2.24) is 4.72 Å². The first-order valence-electron chi connectivity index (χ1n) is 9.45. The predicted octanol–water partition coefficient (Wildman–Crippen LogP) is 3.75. The first-order valence-corrected chi connectivity index (χ1v) is 10.9. The first-order chi connectivity index (χ1) is 12.9. The molecule has 0 fully saturated rings. The monoisotopic (exact) mass is 386 g/mol. The van der Waals surface area contributed by atoms with Crippen molar-refractivity contribution < 1.29 is 13.2 Å². The molecule has 0 radical (unpaired) electrons. The van der Waals surface area contributed by atoms with E-state index in [0.717, 1.165) is 36.9 Å². The van der Waals surface area contributed by atoms with Crippen LogP contribution in [-0.2, 0) is 16.4 Å². The van der Waals surface area contributed by atoms with E-state index in [1.54, 1.807) is 17.0 Å². The third kappa shape index (κ3) is 4.22. The number of amides is 1. The highest BCUT2D eigenvalue weighted by atomic mass is 32.2. The van der Waals surface area contributed by atoms with Gasteiger partial charge in [0.2, 0.25) is 10.0 Å². The number of para-hydroxylation sites is 1. The van der Waals surface area contributed by atoms with Crippen LogP contribution < -0.4 is 9.62 Å². The van der Waals surface area contributed by atoms with E-state index in [4.69, 9.17) is 0 Å². The topological polar surface area (TPSA) is 66.5 Å². The average Bonchev–Trinajstić information content (AvgIpc) is 3.00. The second-order valence-electron chi connectivity index (χ2n) is 6.99. The number of carbonyl (C=O) groups excluding carboxylic acids is 1. The Kier molecular flexibility index (Phi) is 5.97. The van der Waals surface area contributed by atoms with Gasteiger partial charge in [0.25, 0.3) is 5.91 Å². The lowest BCUT2D eigenvalue weighted by molar-refractivity contribution is 0.0981. The zero-order valence-corrected chi connectivity index (χ0v) is 16.6. The van der Waals surface area contributed by atoms with Gasteiger partial charge in [0.15, 0.2) is 0 Å². The molecule has 0 saturated carbocycles. The zero-order chi connectivity index (χ0) is 19.4. The molecule has 27 heavy (non-hydrogen) atoms. The van der Waals surface area contributed by atoms with E-state index in [9.17, 15) is 13.2 Å². The number of nitrogens with one attached hydrogen (secondary N) is 1. The maximum absolute atomic E-state index is 13.1. The lowest BCUT2D eigenvalue weighted by atomic mass is 10.1. The van der Waals surface area contributed by atoms with E-state index >= 15 is 0 Å². The van der Waals surface area contributed by atoms with Gasteiger partial charge in [-0.1, -0.05) is 44.0 Å². The summed E-state index contributed by atoms with van der Waals surface area (Å²) < 4.78 is 27.7. The molecule has 2 aromatic carbocycles. The normalized spacial score (nSPS) is 16.4. The second-order valence-corrected chi connectivity index (χ2v) is 8.76. The third-order valence-electron chi connectivity index (χ3n) is 4.89. The minimum absolute atomic E-state index is 0.0438. The molecule has 2 aromatic rings. The maximum Gasteiger partial charge on any atom is 0.258 e. The number of fused-ring (bicyclic) bond motifs is 1. The Morgan fingerprint density at radius 3 is 2.70 bits per heavy atom. The van der Waals surface area contributed by atoms with E-state index in [2.05, 4.69) is 11.6 Å². The van der Waals surface area contributed by atoms with Crippen molar-refractivity contribution >= 4 is 21.6 Å². The largest absolute Gasteiger partial charge is 0.305 e. The van der Waals surface area contributed by atoms with Gasteiger partial charge in [0.1, 0.15) is 0 Å². The van der Waals surface area contributed by atoms with E-state index in [1.165, 1.54) is 12.1 Å². The quantitative estimate of drug-likeness (QED) is 0.737. The third-order valence-corrected chi connectivity index (χ3v) is 6.35. The molecule has 0 saturated heterocycles. The number of rotatable bonds is 7. The predicted molar refractivity (Wildman–Crippen MR) is 108 cm³/mol. The molecule has 1 atom stereocenters. The Balaban J connectivity index is 1.82. The van der Waals surface area contributed by atoms with Crippen LogP contribution in [-0.4, -0.2) is 26.9 Å². The van der Waals surface area contributed by atoms with Gasteiger partial charge in [0.05, 0.1) is 4.90 Å². The molecule has 0 aliphatic carbocycles. The number of sulfonamides is 1. The Morgan fingerprint density at radius 2 is 1.93 bits per heavy atom. The summed E-state index contributed by atoms with van der Waals surface area (Å²) in [5.74, 6) is -0.171. The molecule has 1 amide bonds. The van der Waals surface area contributed by atoms with Gasteiger partial charge in [-0.15, -0.1) is 0 Å². The number of hydrogen-bond acceptors (Lipinski definition) is 3.